The molecule has 0 aromatic carbocycles. The topological polar surface area (TPSA) is 49.0 Å². The van der Waals surface area contributed by atoms with Gasteiger partial charge in [-0.3, -0.25) is 9.89 Å². The smallest absolute Gasteiger partial charge is 0.272 e. The number of H-pyrrole nitrogens is 1. The number of aromatic nitrogens is 2. The van der Waals surface area contributed by atoms with E-state index >= 15 is 0 Å². The van der Waals surface area contributed by atoms with Gasteiger partial charge in [-0.1, -0.05) is 0 Å². The van der Waals surface area contributed by atoms with E-state index in [1.165, 1.54) is 0 Å². The van der Waals surface area contributed by atoms with Crippen LogP contribution < -0.4 is 0 Å². The van der Waals surface area contributed by atoms with Crippen molar-refractivity contribution in [1.29, 1.82) is 0 Å². The molecule has 0 spiro atoms. The molecule has 2 unspecified atom stereocenters. The fourth-order valence-electron chi connectivity index (χ4n) is 1.78. The van der Waals surface area contributed by atoms with Crippen LogP contribution in [0.1, 0.15) is 23.8 Å². The molecule has 76 valence electrons. The first kappa shape index (κ1) is 9.52. The molecule has 0 bridgehead atoms. The molecule has 1 N–H and O–H groups in total. The number of nitrogens with zero attached hydrogens (tertiary/aromatic N) is 2. The summed E-state index contributed by atoms with van der Waals surface area (Å²) in [4.78, 5) is 13.6. The lowest BCUT2D eigenvalue weighted by atomic mass is 10.2. The maximum absolute atomic E-state index is 11.9. The summed E-state index contributed by atoms with van der Waals surface area (Å²) in [5, 5.41) is 6.50. The van der Waals surface area contributed by atoms with Gasteiger partial charge in [0.2, 0.25) is 0 Å². The summed E-state index contributed by atoms with van der Waals surface area (Å²) in [6, 6.07) is 1.89. The Balaban J connectivity index is 2.13. The molecule has 1 fully saturated rings. The summed E-state index contributed by atoms with van der Waals surface area (Å²) in [6.45, 7) is 2.64. The van der Waals surface area contributed by atoms with Crippen LogP contribution in [0, 0.1) is 0 Å². The quantitative estimate of drug-likeness (QED) is 0.714. The fourth-order valence-corrected chi connectivity index (χ4v) is 2.18. The van der Waals surface area contributed by atoms with Gasteiger partial charge in [0.25, 0.3) is 5.91 Å². The SMILES string of the molecule is CC1CC(Cl)CN1C(=O)c1ccn[nH]1. The van der Waals surface area contributed by atoms with E-state index in [-0.39, 0.29) is 17.3 Å². The van der Waals surface area contributed by atoms with Crippen LogP contribution in [0.15, 0.2) is 12.3 Å². The molecule has 2 heterocycles. The molecule has 2 rings (SSSR count). The van der Waals surface area contributed by atoms with Gasteiger partial charge < -0.3 is 4.90 Å². The minimum atomic E-state index is -0.0156. The maximum Gasteiger partial charge on any atom is 0.272 e. The number of hydrogen-bond acceptors (Lipinski definition) is 2. The van der Waals surface area contributed by atoms with Gasteiger partial charge in [0.1, 0.15) is 5.69 Å². The molecule has 0 aliphatic carbocycles. The van der Waals surface area contributed by atoms with E-state index in [0.717, 1.165) is 6.42 Å². The van der Waals surface area contributed by atoms with Crippen LogP contribution in [0.3, 0.4) is 0 Å². The Morgan fingerprint density at radius 2 is 2.57 bits per heavy atom. The Hall–Kier alpha value is -1.03. The molecule has 0 saturated carbocycles. The second kappa shape index (κ2) is 3.61. The second-order valence-electron chi connectivity index (χ2n) is 3.61. The molecule has 1 aromatic rings. The molecule has 1 aliphatic rings. The average Bonchev–Trinajstić information content (AvgIpc) is 2.73. The first-order valence-corrected chi connectivity index (χ1v) is 5.06. The number of nitrogens with one attached hydrogen (secondary N) is 1. The van der Waals surface area contributed by atoms with E-state index in [0.29, 0.717) is 12.2 Å². The average molecular weight is 214 g/mol. The zero-order valence-electron chi connectivity index (χ0n) is 7.90. The minimum absolute atomic E-state index is 0.0156. The Morgan fingerprint density at radius 3 is 3.07 bits per heavy atom. The highest BCUT2D eigenvalue weighted by Crippen LogP contribution is 2.22. The first-order valence-electron chi connectivity index (χ1n) is 4.63. The number of aromatic amines is 1. The molecule has 2 atom stereocenters. The summed E-state index contributed by atoms with van der Waals surface area (Å²) >= 11 is 5.99. The van der Waals surface area contributed by atoms with Crippen molar-refractivity contribution < 1.29 is 4.79 Å². The van der Waals surface area contributed by atoms with Crippen molar-refractivity contribution in [2.45, 2.75) is 24.8 Å². The number of carbonyl (C=O) groups excluding carboxylic acids is 1. The van der Waals surface area contributed by atoms with E-state index in [9.17, 15) is 4.79 Å². The van der Waals surface area contributed by atoms with E-state index in [1.54, 1.807) is 17.2 Å². The summed E-state index contributed by atoms with van der Waals surface area (Å²) < 4.78 is 0. The third-order valence-corrected chi connectivity index (χ3v) is 2.83. The van der Waals surface area contributed by atoms with Gasteiger partial charge in [-0.15, -0.1) is 11.6 Å². The van der Waals surface area contributed by atoms with Crippen molar-refractivity contribution in [3.63, 3.8) is 0 Å². The third-order valence-electron chi connectivity index (χ3n) is 2.52. The molecule has 1 saturated heterocycles. The van der Waals surface area contributed by atoms with Crippen molar-refractivity contribution in [2.24, 2.45) is 0 Å². The molecular formula is C9H12ClN3O. The van der Waals surface area contributed by atoms with Crippen molar-refractivity contribution in [2.75, 3.05) is 6.54 Å². The molecule has 0 radical (unpaired) electrons. The van der Waals surface area contributed by atoms with Gasteiger partial charge in [-0.25, -0.2) is 0 Å². The lowest BCUT2D eigenvalue weighted by Crippen LogP contribution is -2.34. The van der Waals surface area contributed by atoms with Crippen LogP contribution in [0.4, 0.5) is 0 Å². The van der Waals surface area contributed by atoms with Crippen LogP contribution in [-0.2, 0) is 0 Å². The summed E-state index contributed by atoms with van der Waals surface area (Å²) in [5.41, 5.74) is 0.530. The van der Waals surface area contributed by atoms with Crippen LogP contribution in [-0.4, -0.2) is 39.0 Å². The summed E-state index contributed by atoms with van der Waals surface area (Å²) in [7, 11) is 0. The molecule has 1 amide bonds. The van der Waals surface area contributed by atoms with E-state index in [1.807, 2.05) is 6.92 Å². The highest BCUT2D eigenvalue weighted by molar-refractivity contribution is 6.21. The van der Waals surface area contributed by atoms with Gasteiger partial charge in [0.05, 0.1) is 5.38 Å². The number of alkyl halides is 1. The fraction of sp³-hybridized carbons (Fsp3) is 0.556. The normalized spacial score (nSPS) is 26.9. The molecule has 1 aromatic heterocycles. The zero-order chi connectivity index (χ0) is 10.1. The van der Waals surface area contributed by atoms with E-state index in [2.05, 4.69) is 10.2 Å². The van der Waals surface area contributed by atoms with Crippen LogP contribution >= 0.6 is 11.6 Å². The molecule has 1 aliphatic heterocycles. The zero-order valence-corrected chi connectivity index (χ0v) is 8.66. The Kier molecular flexibility index (Phi) is 2.46. The Morgan fingerprint density at radius 1 is 1.79 bits per heavy atom. The number of hydrogen-bond donors (Lipinski definition) is 1. The number of likely N-dealkylation sites (tertiary alicyclic amines) is 1. The van der Waals surface area contributed by atoms with Crippen molar-refractivity contribution >= 4 is 17.5 Å². The largest absolute Gasteiger partial charge is 0.333 e. The van der Waals surface area contributed by atoms with Crippen LogP contribution in [0.5, 0.6) is 0 Å². The molecular weight excluding hydrogens is 202 g/mol. The summed E-state index contributed by atoms with van der Waals surface area (Å²) in [5.74, 6) is -0.0156. The van der Waals surface area contributed by atoms with Crippen LogP contribution in [0.25, 0.3) is 0 Å². The maximum atomic E-state index is 11.9. The molecule has 14 heavy (non-hydrogen) atoms. The lowest BCUT2D eigenvalue weighted by Gasteiger charge is -2.19. The first-order chi connectivity index (χ1) is 6.68. The number of carbonyl (C=O) groups is 1. The highest BCUT2D eigenvalue weighted by atomic mass is 35.5. The second-order valence-corrected chi connectivity index (χ2v) is 4.23. The standard InChI is InChI=1S/C9H12ClN3O/c1-6-4-7(10)5-13(6)9(14)8-2-3-11-12-8/h2-3,6-7H,4-5H2,1H3,(H,11,12). The highest BCUT2D eigenvalue weighted by Gasteiger charge is 2.32. The van der Waals surface area contributed by atoms with Gasteiger partial charge in [0, 0.05) is 18.8 Å². The Bertz CT molecular complexity index is 325. The predicted octanol–water partition coefficient (Wildman–Crippen LogP) is 1.25. The van der Waals surface area contributed by atoms with E-state index in [4.69, 9.17) is 11.6 Å². The monoisotopic (exact) mass is 213 g/mol. The van der Waals surface area contributed by atoms with Crippen molar-refractivity contribution in [1.82, 2.24) is 15.1 Å². The summed E-state index contributed by atoms with van der Waals surface area (Å²) in [6.07, 6.45) is 2.44. The van der Waals surface area contributed by atoms with Crippen molar-refractivity contribution in [3.8, 4) is 0 Å². The van der Waals surface area contributed by atoms with E-state index < -0.39 is 0 Å². The van der Waals surface area contributed by atoms with Gasteiger partial charge in [-0.05, 0) is 19.4 Å². The minimum Gasteiger partial charge on any atom is -0.333 e. The molecule has 5 heteroatoms. The van der Waals surface area contributed by atoms with Gasteiger partial charge in [-0.2, -0.15) is 5.10 Å². The predicted molar refractivity (Wildman–Crippen MR) is 53.3 cm³/mol. The Labute approximate surface area is 87.2 Å². The van der Waals surface area contributed by atoms with Crippen molar-refractivity contribution in [3.05, 3.63) is 18.0 Å². The van der Waals surface area contributed by atoms with Crippen LogP contribution in [0.2, 0.25) is 0 Å². The number of amides is 1. The number of halogens is 1. The van der Waals surface area contributed by atoms with Gasteiger partial charge in [0.15, 0.2) is 0 Å². The van der Waals surface area contributed by atoms with Gasteiger partial charge >= 0.3 is 0 Å². The number of rotatable bonds is 1. The third kappa shape index (κ3) is 1.62. The lowest BCUT2D eigenvalue weighted by molar-refractivity contribution is 0.0741. The molecule has 4 nitrogen and oxygen atoms in total.